The molecule has 146 valence electrons. The van der Waals surface area contributed by atoms with Gasteiger partial charge in [0.15, 0.2) is 0 Å². The summed E-state index contributed by atoms with van der Waals surface area (Å²) in [6.45, 7) is 5.50. The number of aliphatic hydroxyl groups excluding tert-OH is 1. The molecule has 0 bridgehead atoms. The van der Waals surface area contributed by atoms with Crippen LogP contribution < -0.4 is 4.74 Å². The number of nitrogens with zero attached hydrogens (tertiary/aromatic N) is 4. The quantitative estimate of drug-likeness (QED) is 0.714. The zero-order chi connectivity index (χ0) is 19.3. The number of hydrogen-bond donors (Lipinski definition) is 1. The molecule has 2 atom stereocenters. The molecule has 3 heterocycles. The number of aromatic nitrogens is 3. The second kappa shape index (κ2) is 8.54. The van der Waals surface area contributed by atoms with Crippen LogP contribution in [-0.2, 0) is 13.1 Å². The number of pyridine rings is 1. The van der Waals surface area contributed by atoms with Gasteiger partial charge >= 0.3 is 0 Å². The van der Waals surface area contributed by atoms with Crippen molar-refractivity contribution >= 4 is 0 Å². The molecule has 1 aromatic carbocycles. The topological polar surface area (TPSA) is 63.4 Å². The predicted octanol–water partition coefficient (Wildman–Crippen LogP) is 3.03. The highest BCUT2D eigenvalue weighted by molar-refractivity contribution is 5.40. The van der Waals surface area contributed by atoms with E-state index in [4.69, 9.17) is 4.74 Å². The minimum absolute atomic E-state index is 0.406. The summed E-state index contributed by atoms with van der Waals surface area (Å²) >= 11 is 0. The second-order valence-electron chi connectivity index (χ2n) is 7.25. The van der Waals surface area contributed by atoms with Gasteiger partial charge in [-0.3, -0.25) is 14.6 Å². The highest BCUT2D eigenvalue weighted by atomic mass is 16.5. The molecule has 3 aromatic rings. The molecule has 28 heavy (non-hydrogen) atoms. The SMILES string of the molecule is CC(CCn1cccn1)N1CCOc2ccc(C(O)c3ccccn3)cc2C1. The fourth-order valence-corrected chi connectivity index (χ4v) is 3.62. The fourth-order valence-electron chi connectivity index (χ4n) is 3.62. The normalized spacial score (nSPS) is 16.6. The molecule has 0 saturated carbocycles. The Labute approximate surface area is 165 Å². The molecule has 6 heteroatoms. The molecule has 1 N–H and O–H groups in total. The van der Waals surface area contributed by atoms with E-state index in [1.54, 1.807) is 6.20 Å². The molecule has 4 rings (SSSR count). The molecular formula is C22H26N4O2. The molecule has 0 saturated heterocycles. The van der Waals surface area contributed by atoms with E-state index in [1.807, 2.05) is 59.5 Å². The van der Waals surface area contributed by atoms with Gasteiger partial charge in [0.25, 0.3) is 0 Å². The molecule has 1 aliphatic rings. The summed E-state index contributed by atoms with van der Waals surface area (Å²) in [5.74, 6) is 0.902. The lowest BCUT2D eigenvalue weighted by Gasteiger charge is -2.27. The van der Waals surface area contributed by atoms with Gasteiger partial charge in [-0.05, 0) is 49.2 Å². The van der Waals surface area contributed by atoms with Crippen LogP contribution >= 0.6 is 0 Å². The van der Waals surface area contributed by atoms with E-state index in [0.717, 1.165) is 42.9 Å². The Morgan fingerprint density at radius 1 is 1.18 bits per heavy atom. The number of rotatable bonds is 6. The van der Waals surface area contributed by atoms with Gasteiger partial charge in [-0.15, -0.1) is 0 Å². The van der Waals surface area contributed by atoms with Crippen LogP contribution in [0.3, 0.4) is 0 Å². The largest absolute Gasteiger partial charge is 0.492 e. The van der Waals surface area contributed by atoms with E-state index < -0.39 is 6.10 Å². The maximum absolute atomic E-state index is 10.7. The maximum atomic E-state index is 10.7. The highest BCUT2D eigenvalue weighted by Crippen LogP contribution is 2.29. The first-order valence-electron chi connectivity index (χ1n) is 9.77. The van der Waals surface area contributed by atoms with Crippen molar-refractivity contribution in [3.63, 3.8) is 0 Å². The predicted molar refractivity (Wildman–Crippen MR) is 107 cm³/mol. The fraction of sp³-hybridized carbons (Fsp3) is 0.364. The van der Waals surface area contributed by atoms with Crippen LogP contribution in [0.2, 0.25) is 0 Å². The van der Waals surface area contributed by atoms with Crippen LogP contribution in [0.25, 0.3) is 0 Å². The van der Waals surface area contributed by atoms with Crippen molar-refractivity contribution in [2.45, 2.75) is 38.6 Å². The Morgan fingerprint density at radius 2 is 2.11 bits per heavy atom. The summed E-state index contributed by atoms with van der Waals surface area (Å²) in [6.07, 6.45) is 5.80. The number of ether oxygens (including phenoxy) is 1. The van der Waals surface area contributed by atoms with Crippen molar-refractivity contribution in [1.82, 2.24) is 19.7 Å². The third-order valence-corrected chi connectivity index (χ3v) is 5.34. The molecule has 2 unspecified atom stereocenters. The molecule has 0 spiro atoms. The van der Waals surface area contributed by atoms with Crippen LogP contribution in [0.5, 0.6) is 5.75 Å². The summed E-state index contributed by atoms with van der Waals surface area (Å²) in [7, 11) is 0. The Morgan fingerprint density at radius 3 is 2.89 bits per heavy atom. The van der Waals surface area contributed by atoms with Crippen molar-refractivity contribution in [3.8, 4) is 5.75 Å². The van der Waals surface area contributed by atoms with E-state index in [9.17, 15) is 5.11 Å². The van der Waals surface area contributed by atoms with Crippen LogP contribution in [0.15, 0.2) is 61.1 Å². The maximum Gasteiger partial charge on any atom is 0.123 e. The summed E-state index contributed by atoms with van der Waals surface area (Å²) < 4.78 is 7.94. The van der Waals surface area contributed by atoms with Gasteiger partial charge in [0.2, 0.25) is 0 Å². The third-order valence-electron chi connectivity index (χ3n) is 5.34. The van der Waals surface area contributed by atoms with Crippen molar-refractivity contribution in [2.75, 3.05) is 13.2 Å². The minimum Gasteiger partial charge on any atom is -0.492 e. The number of fused-ring (bicyclic) bond motifs is 1. The zero-order valence-corrected chi connectivity index (χ0v) is 16.1. The average Bonchev–Trinajstić information content (AvgIpc) is 3.16. The van der Waals surface area contributed by atoms with Crippen LogP contribution in [0.4, 0.5) is 0 Å². The van der Waals surface area contributed by atoms with Gasteiger partial charge in [-0.1, -0.05) is 12.1 Å². The van der Waals surface area contributed by atoms with Crippen LogP contribution in [-0.4, -0.2) is 44.0 Å². The van der Waals surface area contributed by atoms with Crippen molar-refractivity contribution in [1.29, 1.82) is 0 Å². The summed E-state index contributed by atoms with van der Waals surface area (Å²) in [4.78, 5) is 6.71. The highest BCUT2D eigenvalue weighted by Gasteiger charge is 2.22. The molecular weight excluding hydrogens is 352 g/mol. The summed E-state index contributed by atoms with van der Waals surface area (Å²) in [5, 5.41) is 15.0. The number of aliphatic hydroxyl groups is 1. The molecule has 6 nitrogen and oxygen atoms in total. The smallest absolute Gasteiger partial charge is 0.123 e. The first-order valence-corrected chi connectivity index (χ1v) is 9.77. The first-order chi connectivity index (χ1) is 13.7. The number of benzene rings is 1. The zero-order valence-electron chi connectivity index (χ0n) is 16.1. The van der Waals surface area contributed by atoms with E-state index in [0.29, 0.717) is 18.3 Å². The molecule has 1 aliphatic heterocycles. The lowest BCUT2D eigenvalue weighted by Crippen LogP contribution is -2.35. The third kappa shape index (κ3) is 4.24. The van der Waals surface area contributed by atoms with Gasteiger partial charge < -0.3 is 9.84 Å². The number of aryl methyl sites for hydroxylation is 1. The van der Waals surface area contributed by atoms with Gasteiger partial charge in [-0.2, -0.15) is 5.10 Å². The molecule has 2 aromatic heterocycles. The van der Waals surface area contributed by atoms with E-state index in [2.05, 4.69) is 21.9 Å². The Hall–Kier alpha value is -2.70. The Balaban J connectivity index is 1.48. The van der Waals surface area contributed by atoms with Crippen molar-refractivity contribution in [3.05, 3.63) is 77.9 Å². The monoisotopic (exact) mass is 378 g/mol. The minimum atomic E-state index is -0.736. The van der Waals surface area contributed by atoms with Crippen molar-refractivity contribution in [2.24, 2.45) is 0 Å². The van der Waals surface area contributed by atoms with Gasteiger partial charge in [0.05, 0.1) is 5.69 Å². The number of hydrogen-bond acceptors (Lipinski definition) is 5. The van der Waals surface area contributed by atoms with Gasteiger partial charge in [0, 0.05) is 49.8 Å². The second-order valence-corrected chi connectivity index (χ2v) is 7.25. The molecule has 0 fully saturated rings. The van der Waals surface area contributed by atoms with Crippen molar-refractivity contribution < 1.29 is 9.84 Å². The van der Waals surface area contributed by atoms with Crippen LogP contribution in [0, 0.1) is 0 Å². The van der Waals surface area contributed by atoms with Crippen LogP contribution in [0.1, 0.15) is 36.3 Å². The summed E-state index contributed by atoms with van der Waals surface area (Å²) in [6, 6.07) is 13.9. The Kier molecular flexibility index (Phi) is 5.69. The standard InChI is InChI=1S/C22H26N4O2/c1-17(8-12-26-11-4-10-24-26)25-13-14-28-21-7-6-18(15-19(21)16-25)22(27)20-5-2-3-9-23-20/h2-7,9-11,15,17,22,27H,8,12-14,16H2,1H3. The summed E-state index contributed by atoms with van der Waals surface area (Å²) in [5.41, 5.74) is 2.60. The van der Waals surface area contributed by atoms with E-state index >= 15 is 0 Å². The van der Waals surface area contributed by atoms with Gasteiger partial charge in [0.1, 0.15) is 18.5 Å². The van der Waals surface area contributed by atoms with E-state index in [-0.39, 0.29) is 0 Å². The lowest BCUT2D eigenvalue weighted by molar-refractivity contribution is 0.167. The first kappa shape index (κ1) is 18.7. The average molecular weight is 378 g/mol. The van der Waals surface area contributed by atoms with E-state index in [1.165, 1.54) is 0 Å². The molecule has 0 radical (unpaired) electrons. The lowest BCUT2D eigenvalue weighted by atomic mass is 10.0. The molecule has 0 amide bonds. The van der Waals surface area contributed by atoms with Gasteiger partial charge in [-0.25, -0.2) is 0 Å². The Bertz CT molecular complexity index is 883. The molecule has 0 aliphatic carbocycles.